The van der Waals surface area contributed by atoms with Crippen molar-refractivity contribution >= 4 is 11.9 Å². The molecule has 5 nitrogen and oxygen atoms in total. The first-order valence-corrected chi connectivity index (χ1v) is 8.53. The molecule has 0 amide bonds. The van der Waals surface area contributed by atoms with Gasteiger partial charge in [0.2, 0.25) is 6.29 Å². The van der Waals surface area contributed by atoms with Gasteiger partial charge in [0.15, 0.2) is 0 Å². The molecule has 0 spiro atoms. The van der Waals surface area contributed by atoms with E-state index < -0.39 is 18.2 Å². The van der Waals surface area contributed by atoms with Gasteiger partial charge in [0.25, 0.3) is 0 Å². The van der Waals surface area contributed by atoms with Crippen molar-refractivity contribution in [2.75, 3.05) is 6.61 Å². The van der Waals surface area contributed by atoms with E-state index >= 15 is 0 Å². The Bertz CT molecular complexity index is 627. The summed E-state index contributed by atoms with van der Waals surface area (Å²) in [4.78, 5) is 23.4. The normalized spacial score (nSPS) is 17.8. The van der Waals surface area contributed by atoms with Gasteiger partial charge >= 0.3 is 11.9 Å². The van der Waals surface area contributed by atoms with Crippen LogP contribution in [0.25, 0.3) is 0 Å². The number of carbonyl (C=O) groups is 2. The van der Waals surface area contributed by atoms with Crippen LogP contribution < -0.4 is 0 Å². The molecular weight excluding hydrogens is 320 g/mol. The molecule has 0 aromatic heterocycles. The second-order valence-corrected chi connectivity index (χ2v) is 6.03. The van der Waals surface area contributed by atoms with Gasteiger partial charge in [-0.1, -0.05) is 43.0 Å². The number of esters is 1. The molecule has 1 fully saturated rings. The molecule has 1 aliphatic rings. The molecular formula is C20H24O5. The van der Waals surface area contributed by atoms with Gasteiger partial charge in [-0.05, 0) is 37.7 Å². The summed E-state index contributed by atoms with van der Waals surface area (Å²) in [5, 5.41) is 9.33. The van der Waals surface area contributed by atoms with Crippen molar-refractivity contribution in [3.8, 4) is 0 Å². The highest BCUT2D eigenvalue weighted by molar-refractivity contribution is 5.89. The molecule has 134 valence electrons. The topological polar surface area (TPSA) is 72.8 Å². The Morgan fingerprint density at radius 1 is 1.28 bits per heavy atom. The lowest BCUT2D eigenvalue weighted by atomic mass is 10.0. The molecule has 0 aliphatic carbocycles. The molecule has 0 saturated carbocycles. The maximum absolute atomic E-state index is 12.0. The van der Waals surface area contributed by atoms with E-state index in [0.717, 1.165) is 18.4 Å². The van der Waals surface area contributed by atoms with Crippen LogP contribution in [-0.4, -0.2) is 29.9 Å². The molecule has 1 N–H and O–H groups in total. The molecule has 1 aromatic rings. The highest BCUT2D eigenvalue weighted by Crippen LogP contribution is 2.17. The lowest BCUT2D eigenvalue weighted by Gasteiger charge is -2.22. The predicted octanol–water partition coefficient (Wildman–Crippen LogP) is 3.65. The van der Waals surface area contributed by atoms with Crippen molar-refractivity contribution in [2.45, 2.75) is 44.8 Å². The summed E-state index contributed by atoms with van der Waals surface area (Å²) >= 11 is 0. The SMILES string of the molecule is C=C(CC=C(CCc1ccccc1)C(=O)O)C(=O)OC1CCCCO1. The lowest BCUT2D eigenvalue weighted by Crippen LogP contribution is -2.25. The minimum Gasteiger partial charge on any atom is -0.478 e. The molecule has 1 aromatic carbocycles. The number of aliphatic carboxylic acids is 1. The third-order valence-corrected chi connectivity index (χ3v) is 4.06. The fraction of sp³-hybridized carbons (Fsp3) is 0.400. The van der Waals surface area contributed by atoms with Crippen LogP contribution in [0.4, 0.5) is 0 Å². The number of rotatable bonds is 8. The Kier molecular flexibility index (Phi) is 7.41. The molecule has 1 unspecified atom stereocenters. The van der Waals surface area contributed by atoms with Crippen LogP contribution in [0, 0.1) is 0 Å². The third-order valence-electron chi connectivity index (χ3n) is 4.06. The minimum absolute atomic E-state index is 0.155. The second kappa shape index (κ2) is 9.79. The summed E-state index contributed by atoms with van der Waals surface area (Å²) in [6.07, 6.45) is 4.83. The highest BCUT2D eigenvalue weighted by atomic mass is 16.7. The molecule has 2 rings (SSSR count). The van der Waals surface area contributed by atoms with Gasteiger partial charge in [-0.2, -0.15) is 0 Å². The van der Waals surface area contributed by atoms with Crippen LogP contribution in [0.15, 0.2) is 54.1 Å². The third kappa shape index (κ3) is 6.55. The summed E-state index contributed by atoms with van der Waals surface area (Å²) in [6.45, 7) is 4.29. The van der Waals surface area contributed by atoms with E-state index in [2.05, 4.69) is 6.58 Å². The molecule has 1 atom stereocenters. The van der Waals surface area contributed by atoms with Gasteiger partial charge < -0.3 is 14.6 Å². The number of hydrogen-bond donors (Lipinski definition) is 1. The Balaban J connectivity index is 1.85. The van der Waals surface area contributed by atoms with E-state index in [1.165, 1.54) is 6.08 Å². The number of benzene rings is 1. The van der Waals surface area contributed by atoms with Gasteiger partial charge in [-0.15, -0.1) is 0 Å². The van der Waals surface area contributed by atoms with Crippen LogP contribution in [0.1, 0.15) is 37.7 Å². The van der Waals surface area contributed by atoms with Gasteiger partial charge in [-0.3, -0.25) is 0 Å². The number of carbonyl (C=O) groups excluding carboxylic acids is 1. The minimum atomic E-state index is -0.979. The Morgan fingerprint density at radius 2 is 2.04 bits per heavy atom. The van der Waals surface area contributed by atoms with Crippen molar-refractivity contribution in [1.29, 1.82) is 0 Å². The molecule has 1 aliphatic heterocycles. The fourth-order valence-electron chi connectivity index (χ4n) is 2.56. The van der Waals surface area contributed by atoms with E-state index in [1.54, 1.807) is 0 Å². The number of carboxylic acids is 1. The van der Waals surface area contributed by atoms with Gasteiger partial charge in [0, 0.05) is 17.6 Å². The average Bonchev–Trinajstić information content (AvgIpc) is 2.62. The van der Waals surface area contributed by atoms with Crippen molar-refractivity contribution in [3.63, 3.8) is 0 Å². The van der Waals surface area contributed by atoms with Crippen molar-refractivity contribution in [1.82, 2.24) is 0 Å². The zero-order valence-electron chi connectivity index (χ0n) is 14.3. The van der Waals surface area contributed by atoms with Gasteiger partial charge in [-0.25, -0.2) is 9.59 Å². The summed E-state index contributed by atoms with van der Waals surface area (Å²) < 4.78 is 10.6. The molecule has 1 saturated heterocycles. The molecule has 25 heavy (non-hydrogen) atoms. The van der Waals surface area contributed by atoms with Gasteiger partial charge in [0.1, 0.15) is 0 Å². The largest absolute Gasteiger partial charge is 0.478 e. The Labute approximate surface area is 147 Å². The van der Waals surface area contributed by atoms with Gasteiger partial charge in [0.05, 0.1) is 6.61 Å². The molecule has 1 heterocycles. The number of carboxylic acid groups (broad SMARTS) is 1. The zero-order chi connectivity index (χ0) is 18.1. The number of allylic oxidation sites excluding steroid dienone is 1. The van der Waals surface area contributed by atoms with Crippen LogP contribution in [0.2, 0.25) is 0 Å². The molecule has 5 heteroatoms. The standard InChI is InChI=1S/C20H24O5/c1-15(20(23)25-18-9-5-6-14-24-18)10-12-17(19(21)22)13-11-16-7-3-2-4-8-16/h2-4,7-8,12,18H,1,5-6,9-11,13-14H2,(H,21,22). The Morgan fingerprint density at radius 3 is 2.68 bits per heavy atom. The van der Waals surface area contributed by atoms with Crippen molar-refractivity contribution in [2.24, 2.45) is 0 Å². The molecule has 0 radical (unpaired) electrons. The first kappa shape index (κ1) is 18.9. The molecule has 0 bridgehead atoms. The zero-order valence-corrected chi connectivity index (χ0v) is 14.3. The number of hydrogen-bond acceptors (Lipinski definition) is 4. The summed E-state index contributed by atoms with van der Waals surface area (Å²) in [5.41, 5.74) is 1.57. The summed E-state index contributed by atoms with van der Waals surface area (Å²) in [5.74, 6) is -1.51. The first-order valence-electron chi connectivity index (χ1n) is 8.53. The predicted molar refractivity (Wildman–Crippen MR) is 93.9 cm³/mol. The average molecular weight is 344 g/mol. The van der Waals surface area contributed by atoms with Crippen LogP contribution in [-0.2, 0) is 25.5 Å². The van der Waals surface area contributed by atoms with E-state index in [1.807, 2.05) is 30.3 Å². The highest BCUT2D eigenvalue weighted by Gasteiger charge is 2.19. The summed E-state index contributed by atoms with van der Waals surface area (Å²) in [7, 11) is 0. The second-order valence-electron chi connectivity index (χ2n) is 6.03. The van der Waals surface area contributed by atoms with Crippen molar-refractivity contribution < 1.29 is 24.2 Å². The smallest absolute Gasteiger partial charge is 0.336 e. The maximum Gasteiger partial charge on any atom is 0.336 e. The van der Waals surface area contributed by atoms with E-state index in [9.17, 15) is 14.7 Å². The van der Waals surface area contributed by atoms with E-state index in [0.29, 0.717) is 25.9 Å². The van der Waals surface area contributed by atoms with Crippen LogP contribution in [0.5, 0.6) is 0 Å². The van der Waals surface area contributed by atoms with Crippen molar-refractivity contribution in [3.05, 3.63) is 59.7 Å². The fourth-order valence-corrected chi connectivity index (χ4v) is 2.56. The maximum atomic E-state index is 12.0. The lowest BCUT2D eigenvalue weighted by molar-refractivity contribution is -0.182. The van der Waals surface area contributed by atoms with E-state index in [4.69, 9.17) is 9.47 Å². The monoisotopic (exact) mass is 344 g/mol. The number of ether oxygens (including phenoxy) is 2. The van der Waals surface area contributed by atoms with E-state index in [-0.39, 0.29) is 17.6 Å². The Hall–Kier alpha value is -2.40. The van der Waals surface area contributed by atoms with Crippen LogP contribution in [0.3, 0.4) is 0 Å². The summed E-state index contributed by atoms with van der Waals surface area (Å²) in [6, 6.07) is 9.68. The first-order chi connectivity index (χ1) is 12.1. The van der Waals surface area contributed by atoms with Crippen LogP contribution >= 0.6 is 0 Å². The number of aryl methyl sites for hydroxylation is 1. The quantitative estimate of drug-likeness (QED) is 0.576.